The summed E-state index contributed by atoms with van der Waals surface area (Å²) in [6, 6.07) is 0.280. The zero-order valence-electron chi connectivity index (χ0n) is 10.7. The van der Waals surface area contributed by atoms with Crippen LogP contribution in [0, 0.1) is 5.92 Å². The lowest BCUT2D eigenvalue weighted by atomic mass is 9.98. The van der Waals surface area contributed by atoms with Crippen molar-refractivity contribution in [3.8, 4) is 0 Å². The quantitative estimate of drug-likeness (QED) is 0.808. The maximum atomic E-state index is 5.41. The average Bonchev–Trinajstić information content (AvgIpc) is 3.07. The Hall–Kier alpha value is -0.900. The molecule has 0 unspecified atom stereocenters. The Kier molecular flexibility index (Phi) is 2.90. The molecule has 1 saturated carbocycles. The Morgan fingerprint density at radius 2 is 1.94 bits per heavy atom. The molecule has 94 valence electrons. The minimum Gasteiger partial charge on any atom is -0.338 e. The lowest BCUT2D eigenvalue weighted by molar-refractivity contribution is 0.124. The molecule has 1 aromatic rings. The normalized spacial score (nSPS) is 25.1. The zero-order chi connectivity index (χ0) is 11.8. The van der Waals surface area contributed by atoms with Gasteiger partial charge in [-0.05, 0) is 51.6 Å². The maximum absolute atomic E-state index is 5.41. The molecule has 1 aliphatic carbocycles. The third-order valence-electron chi connectivity index (χ3n) is 4.12. The monoisotopic (exact) mass is 235 g/mol. The average molecular weight is 235 g/mol. The molecule has 4 nitrogen and oxygen atoms in total. The highest BCUT2D eigenvalue weighted by atomic mass is 16.5. The van der Waals surface area contributed by atoms with Gasteiger partial charge < -0.3 is 4.52 Å². The predicted molar refractivity (Wildman–Crippen MR) is 64.7 cm³/mol. The fourth-order valence-electron chi connectivity index (χ4n) is 2.50. The van der Waals surface area contributed by atoms with Gasteiger partial charge in [0.15, 0.2) is 5.82 Å². The SMILES string of the molecule is CC1CCN([C@@H](C)c2nc(C3CC3)no2)CC1. The first-order valence-corrected chi connectivity index (χ1v) is 6.81. The van der Waals surface area contributed by atoms with Gasteiger partial charge >= 0.3 is 0 Å². The van der Waals surface area contributed by atoms with Gasteiger partial charge in [0.05, 0.1) is 6.04 Å². The van der Waals surface area contributed by atoms with Crippen molar-refractivity contribution in [3.05, 3.63) is 11.7 Å². The molecule has 0 spiro atoms. The number of likely N-dealkylation sites (tertiary alicyclic amines) is 1. The fourth-order valence-corrected chi connectivity index (χ4v) is 2.50. The molecule has 2 heterocycles. The number of hydrogen-bond acceptors (Lipinski definition) is 4. The van der Waals surface area contributed by atoms with Crippen LogP contribution >= 0.6 is 0 Å². The van der Waals surface area contributed by atoms with Crippen molar-refractivity contribution in [2.24, 2.45) is 5.92 Å². The molecule has 1 atom stereocenters. The van der Waals surface area contributed by atoms with E-state index in [9.17, 15) is 0 Å². The van der Waals surface area contributed by atoms with Crippen LogP contribution in [0.25, 0.3) is 0 Å². The van der Waals surface area contributed by atoms with Crippen LogP contribution in [0.4, 0.5) is 0 Å². The van der Waals surface area contributed by atoms with Gasteiger partial charge in [0.25, 0.3) is 0 Å². The van der Waals surface area contributed by atoms with E-state index in [2.05, 4.69) is 28.9 Å². The first kappa shape index (κ1) is 11.2. The smallest absolute Gasteiger partial charge is 0.243 e. The molecule has 17 heavy (non-hydrogen) atoms. The van der Waals surface area contributed by atoms with E-state index in [0.29, 0.717) is 5.92 Å². The summed E-state index contributed by atoms with van der Waals surface area (Å²) in [5.41, 5.74) is 0. The molecule has 2 fully saturated rings. The molecule has 0 radical (unpaired) electrons. The summed E-state index contributed by atoms with van der Waals surface area (Å²) in [4.78, 5) is 7.01. The van der Waals surface area contributed by atoms with E-state index in [-0.39, 0.29) is 6.04 Å². The molecular weight excluding hydrogens is 214 g/mol. The van der Waals surface area contributed by atoms with Crippen LogP contribution in [0.3, 0.4) is 0 Å². The standard InChI is InChI=1S/C13H21N3O/c1-9-5-7-16(8-6-9)10(2)13-14-12(15-17-13)11-3-4-11/h9-11H,3-8H2,1-2H3/t10-/m0/s1. The van der Waals surface area contributed by atoms with Gasteiger partial charge in [-0.1, -0.05) is 12.1 Å². The van der Waals surface area contributed by atoms with E-state index in [1.54, 1.807) is 0 Å². The van der Waals surface area contributed by atoms with Crippen LogP contribution in [0.2, 0.25) is 0 Å². The molecule has 1 saturated heterocycles. The molecule has 4 heteroatoms. The van der Waals surface area contributed by atoms with E-state index in [1.165, 1.54) is 25.7 Å². The van der Waals surface area contributed by atoms with Gasteiger partial charge in [0, 0.05) is 5.92 Å². The summed E-state index contributed by atoms with van der Waals surface area (Å²) in [5, 5.41) is 4.10. The number of rotatable bonds is 3. The van der Waals surface area contributed by atoms with E-state index in [0.717, 1.165) is 30.7 Å². The van der Waals surface area contributed by atoms with Crippen LogP contribution in [0.15, 0.2) is 4.52 Å². The number of piperidine rings is 1. The van der Waals surface area contributed by atoms with E-state index < -0.39 is 0 Å². The van der Waals surface area contributed by atoms with Crippen molar-refractivity contribution in [1.29, 1.82) is 0 Å². The molecule has 0 bridgehead atoms. The van der Waals surface area contributed by atoms with Crippen LogP contribution in [0.1, 0.15) is 63.2 Å². The largest absolute Gasteiger partial charge is 0.338 e. The Balaban J connectivity index is 1.65. The summed E-state index contributed by atoms with van der Waals surface area (Å²) in [7, 11) is 0. The van der Waals surface area contributed by atoms with Crippen molar-refractivity contribution < 1.29 is 4.52 Å². The third kappa shape index (κ3) is 2.37. The molecule has 1 aliphatic heterocycles. The molecule has 0 N–H and O–H groups in total. The summed E-state index contributed by atoms with van der Waals surface area (Å²) >= 11 is 0. The molecule has 1 aromatic heterocycles. The van der Waals surface area contributed by atoms with Gasteiger partial charge in [0.1, 0.15) is 0 Å². The Bertz CT molecular complexity index is 378. The highest BCUT2D eigenvalue weighted by Gasteiger charge is 2.31. The number of aromatic nitrogens is 2. The van der Waals surface area contributed by atoms with Crippen LogP contribution in [-0.2, 0) is 0 Å². The van der Waals surface area contributed by atoms with E-state index in [4.69, 9.17) is 4.52 Å². The summed E-state index contributed by atoms with van der Waals surface area (Å²) < 4.78 is 5.41. The third-order valence-corrected chi connectivity index (χ3v) is 4.12. The van der Waals surface area contributed by atoms with E-state index in [1.807, 2.05) is 0 Å². The fraction of sp³-hybridized carbons (Fsp3) is 0.846. The van der Waals surface area contributed by atoms with Gasteiger partial charge in [-0.3, -0.25) is 4.90 Å². The number of nitrogens with zero attached hydrogens (tertiary/aromatic N) is 3. The summed E-state index contributed by atoms with van der Waals surface area (Å²) in [6.45, 7) is 6.83. The summed E-state index contributed by atoms with van der Waals surface area (Å²) in [6.07, 6.45) is 5.03. The summed E-state index contributed by atoms with van der Waals surface area (Å²) in [5.74, 6) is 3.18. The van der Waals surface area contributed by atoms with Gasteiger partial charge in [0.2, 0.25) is 5.89 Å². The van der Waals surface area contributed by atoms with Crippen molar-refractivity contribution in [2.45, 2.75) is 51.5 Å². The van der Waals surface area contributed by atoms with E-state index >= 15 is 0 Å². The minimum atomic E-state index is 0.280. The van der Waals surface area contributed by atoms with Gasteiger partial charge in [-0.15, -0.1) is 0 Å². The van der Waals surface area contributed by atoms with Gasteiger partial charge in [-0.2, -0.15) is 4.98 Å². The first-order valence-electron chi connectivity index (χ1n) is 6.81. The first-order chi connectivity index (χ1) is 8.24. The molecule has 3 rings (SSSR count). The molecule has 0 amide bonds. The molecule has 2 aliphatic rings. The lowest BCUT2D eigenvalue weighted by Gasteiger charge is -2.33. The Morgan fingerprint density at radius 1 is 1.24 bits per heavy atom. The predicted octanol–water partition coefficient (Wildman–Crippen LogP) is 2.74. The molecule has 0 aromatic carbocycles. The zero-order valence-corrected chi connectivity index (χ0v) is 10.7. The second-order valence-electron chi connectivity index (χ2n) is 5.66. The van der Waals surface area contributed by atoms with Crippen molar-refractivity contribution in [3.63, 3.8) is 0 Å². The molecular formula is C13H21N3O. The van der Waals surface area contributed by atoms with Gasteiger partial charge in [-0.25, -0.2) is 0 Å². The van der Waals surface area contributed by atoms with Crippen molar-refractivity contribution in [1.82, 2.24) is 15.0 Å². The van der Waals surface area contributed by atoms with Crippen LogP contribution in [0.5, 0.6) is 0 Å². The second-order valence-corrected chi connectivity index (χ2v) is 5.66. The Morgan fingerprint density at radius 3 is 2.59 bits per heavy atom. The number of hydrogen-bond donors (Lipinski definition) is 0. The highest BCUT2D eigenvalue weighted by molar-refractivity contribution is 5.04. The minimum absolute atomic E-state index is 0.280. The van der Waals surface area contributed by atoms with Crippen molar-refractivity contribution in [2.75, 3.05) is 13.1 Å². The lowest BCUT2D eigenvalue weighted by Crippen LogP contribution is -2.35. The van der Waals surface area contributed by atoms with Crippen molar-refractivity contribution >= 4 is 0 Å². The Labute approximate surface area is 102 Å². The second kappa shape index (κ2) is 4.41. The topological polar surface area (TPSA) is 42.2 Å². The van der Waals surface area contributed by atoms with Crippen LogP contribution in [-0.4, -0.2) is 28.1 Å². The highest BCUT2D eigenvalue weighted by Crippen LogP contribution is 2.38. The van der Waals surface area contributed by atoms with Crippen LogP contribution < -0.4 is 0 Å². The maximum Gasteiger partial charge on any atom is 0.243 e.